The molecule has 23 heteroatoms. The molecule has 73 heavy (non-hydrogen) atoms. The van der Waals surface area contributed by atoms with Gasteiger partial charge in [-0.15, -0.1) is 0 Å². The first-order chi connectivity index (χ1) is 34.2. The molecule has 3 heterocycles. The summed E-state index contributed by atoms with van der Waals surface area (Å²) < 4.78 is 19.3. The van der Waals surface area contributed by atoms with Gasteiger partial charge in [0.15, 0.2) is 0 Å². The number of nitrogens with zero attached hydrogens (tertiary/aromatic N) is 2. The Morgan fingerprint density at radius 2 is 1.18 bits per heavy atom. The molecule has 3 aliphatic heterocycles. The number of likely N-dealkylation sites (tertiary alicyclic amines) is 2. The summed E-state index contributed by atoms with van der Waals surface area (Å²) in [5.74, 6) is -2.79. The lowest BCUT2D eigenvalue weighted by atomic mass is 9.92. The highest BCUT2D eigenvalue weighted by atomic mass is 16.6. The van der Waals surface area contributed by atoms with Gasteiger partial charge in [0.2, 0.25) is 17.7 Å². The number of amidine groups is 1. The number of nitrogens with one attached hydrogen (secondary N) is 5. The number of methoxy groups -OCH3 is 2. The first-order valence-electron chi connectivity index (χ1n) is 24.9. The van der Waals surface area contributed by atoms with E-state index in [0.717, 1.165) is 57.1 Å². The van der Waals surface area contributed by atoms with Gasteiger partial charge in [-0.25, -0.2) is 19.2 Å². The molecule has 3 saturated carbocycles. The zero-order valence-electron chi connectivity index (χ0n) is 43.3. The molecular formula is C50H76N8O15. The number of hydrogen-bond acceptors (Lipinski definition) is 15. The fourth-order valence-electron chi connectivity index (χ4n) is 7.92. The van der Waals surface area contributed by atoms with Crippen molar-refractivity contribution in [3.63, 3.8) is 0 Å². The predicted octanol–water partition coefficient (Wildman–Crippen LogP) is 3.04. The zero-order chi connectivity index (χ0) is 54.4. The second-order valence-electron chi connectivity index (χ2n) is 21.0. The maximum atomic E-state index is 12.8. The Labute approximate surface area is 426 Å². The van der Waals surface area contributed by atoms with Crippen LogP contribution in [-0.2, 0) is 59.1 Å². The maximum absolute atomic E-state index is 12.8. The summed E-state index contributed by atoms with van der Waals surface area (Å²) in [5.41, 5.74) is 5.71. The van der Waals surface area contributed by atoms with Crippen molar-refractivity contribution in [2.45, 2.75) is 160 Å². The van der Waals surface area contributed by atoms with Crippen LogP contribution in [0.5, 0.6) is 0 Å². The van der Waals surface area contributed by atoms with E-state index < -0.39 is 65.5 Å². The molecule has 0 unspecified atom stereocenters. The normalized spacial score (nSPS) is 20.8. The summed E-state index contributed by atoms with van der Waals surface area (Å²) in [7, 11) is 2.71. The molecule has 1 aromatic carbocycles. The van der Waals surface area contributed by atoms with Gasteiger partial charge in [0.25, 0.3) is 0 Å². The number of carboxylic acids is 2. The van der Waals surface area contributed by atoms with Crippen LogP contribution in [0.2, 0.25) is 0 Å². The number of nitrogens with two attached hydrogens (primary N) is 1. The third-order valence-electron chi connectivity index (χ3n) is 12.7. The number of carbonyl (C=O) groups is 9. The largest absolute Gasteiger partial charge is 0.481 e. The number of amides is 5. The second kappa shape index (κ2) is 26.4. The molecule has 0 spiro atoms. The third kappa shape index (κ3) is 19.4. The molecular weight excluding hydrogens is 953 g/mol. The van der Waals surface area contributed by atoms with Gasteiger partial charge >= 0.3 is 36.1 Å². The minimum Gasteiger partial charge on any atom is -0.481 e. The van der Waals surface area contributed by atoms with Crippen LogP contribution in [-0.4, -0.2) is 155 Å². The number of benzene rings is 1. The average molecular weight is 1030 g/mol. The van der Waals surface area contributed by atoms with E-state index in [0.29, 0.717) is 44.5 Å². The summed E-state index contributed by atoms with van der Waals surface area (Å²) in [6, 6.07) is 4.61. The van der Waals surface area contributed by atoms with Crippen LogP contribution in [0.1, 0.15) is 123 Å². The van der Waals surface area contributed by atoms with Crippen LogP contribution >= 0.6 is 0 Å². The van der Waals surface area contributed by atoms with Gasteiger partial charge in [0.05, 0.1) is 14.2 Å². The highest BCUT2D eigenvalue weighted by Crippen LogP contribution is 2.41. The van der Waals surface area contributed by atoms with Crippen molar-refractivity contribution in [1.82, 2.24) is 31.1 Å². The van der Waals surface area contributed by atoms with Crippen molar-refractivity contribution in [2.24, 2.45) is 29.4 Å². The number of esters is 2. The van der Waals surface area contributed by atoms with Gasteiger partial charge in [0.1, 0.15) is 47.2 Å². The topological polar surface area (TPSA) is 335 Å². The lowest BCUT2D eigenvalue weighted by Crippen LogP contribution is -2.61. The molecule has 0 aromatic heterocycles. The highest BCUT2D eigenvalue weighted by molar-refractivity contribution is 5.95. The molecule has 6 fully saturated rings. The molecule has 0 radical (unpaired) electrons. The van der Waals surface area contributed by atoms with Crippen molar-refractivity contribution < 1.29 is 72.3 Å². The van der Waals surface area contributed by atoms with Crippen LogP contribution in [0.4, 0.5) is 9.59 Å². The molecule has 406 valence electrons. The Bertz CT molecular complexity index is 2140. The molecule has 6 aliphatic rings. The van der Waals surface area contributed by atoms with E-state index in [1.165, 1.54) is 19.1 Å². The Balaban J connectivity index is 0.000000228. The van der Waals surface area contributed by atoms with Gasteiger partial charge in [-0.1, -0.05) is 24.3 Å². The van der Waals surface area contributed by atoms with Crippen molar-refractivity contribution in [2.75, 3.05) is 33.9 Å². The van der Waals surface area contributed by atoms with E-state index >= 15 is 0 Å². The van der Waals surface area contributed by atoms with Crippen LogP contribution in [0.3, 0.4) is 0 Å². The molecule has 0 bridgehead atoms. The summed E-state index contributed by atoms with van der Waals surface area (Å²) in [6.45, 7) is 12.8. The Hall–Kier alpha value is -6.52. The van der Waals surface area contributed by atoms with Crippen LogP contribution in [0.15, 0.2) is 24.3 Å². The molecule has 6 atom stereocenters. The van der Waals surface area contributed by atoms with Crippen LogP contribution in [0, 0.1) is 29.1 Å². The number of ether oxygens (including phenoxy) is 4. The molecule has 23 nitrogen and oxygen atoms in total. The first kappa shape index (κ1) is 59.0. The molecule has 3 saturated heterocycles. The van der Waals surface area contributed by atoms with Gasteiger partial charge < -0.3 is 66.0 Å². The van der Waals surface area contributed by atoms with E-state index in [-0.39, 0.29) is 65.7 Å². The minimum atomic E-state index is -0.997. The highest BCUT2D eigenvalue weighted by Gasteiger charge is 2.47. The van der Waals surface area contributed by atoms with E-state index in [9.17, 15) is 43.2 Å². The van der Waals surface area contributed by atoms with Crippen LogP contribution < -0.4 is 27.0 Å². The molecule has 1 aromatic rings. The summed E-state index contributed by atoms with van der Waals surface area (Å²) in [6.07, 6.45) is 6.60. The van der Waals surface area contributed by atoms with Crippen molar-refractivity contribution in [3.05, 3.63) is 35.4 Å². The SMILES string of the molecule is CC(C)(C)OC(=O)N[C@@H](C(=O)O)C1CC1.COC(=O)[C@@H]1CCN1.COC(=O)[C@@H]1CCN1C(=O)[C@H](NC(=O)OC(C)(C)C)C1CC1.N=C(N)c1ccc(CNC(=O)[C@@H]2CCN2C(=O)[C@H](CCC(=O)O)C2CC2)cc1. The second-order valence-corrected chi connectivity index (χ2v) is 21.0. The van der Waals surface area contributed by atoms with Crippen molar-refractivity contribution in [1.29, 1.82) is 5.41 Å². The fourth-order valence-corrected chi connectivity index (χ4v) is 7.92. The number of nitrogen functional groups attached to an aromatic ring is 1. The molecule has 3 aliphatic carbocycles. The third-order valence-corrected chi connectivity index (χ3v) is 12.7. The number of carbonyl (C=O) groups excluding carboxylic acids is 7. The van der Waals surface area contributed by atoms with E-state index in [1.54, 1.807) is 70.7 Å². The summed E-state index contributed by atoms with van der Waals surface area (Å²) in [4.78, 5) is 108. The number of rotatable bonds is 17. The van der Waals surface area contributed by atoms with E-state index in [4.69, 9.17) is 35.6 Å². The van der Waals surface area contributed by atoms with Gasteiger partial charge in [-0.3, -0.25) is 29.4 Å². The van der Waals surface area contributed by atoms with Crippen molar-refractivity contribution in [3.8, 4) is 0 Å². The Morgan fingerprint density at radius 3 is 1.55 bits per heavy atom. The fraction of sp³-hybridized carbons (Fsp3) is 0.680. The maximum Gasteiger partial charge on any atom is 0.408 e. The van der Waals surface area contributed by atoms with Crippen molar-refractivity contribution >= 4 is 59.6 Å². The standard InChI is InChI=1S/C20H26N4O4.C15H24N2O5.C10H17NO4.C5H9NO2/c21-18(22)14-3-1-12(2-4-14)11-23-19(27)16-9-10-24(16)20(28)15(13-5-6-13)7-8-17(25)26;1-15(2,3)22-14(20)16-11(9-5-6-9)12(18)17-8-7-10(17)13(19)21-4;1-10(2,3)15-9(14)11-7(8(12)13)6-4-5-6;1-8-5(7)4-2-3-6-4/h1-4,13,15-16H,5-11H2,(H3,21,22)(H,23,27)(H,25,26);9-11H,5-8H2,1-4H3,(H,16,20);6-7H,4-5H2,1-3H3,(H,11,14)(H,12,13);4,6H,2-3H2,1H3/t15-,16+;10-,11+;7-;4-/m1010/s1. The summed E-state index contributed by atoms with van der Waals surface area (Å²) in [5, 5.41) is 36.0. The quantitative estimate of drug-likeness (QED) is 0.0481. The molecule has 9 N–H and O–H groups in total. The lowest BCUT2D eigenvalue weighted by Gasteiger charge is -2.41. The predicted molar refractivity (Wildman–Crippen MR) is 262 cm³/mol. The van der Waals surface area contributed by atoms with E-state index in [1.807, 2.05) is 0 Å². The smallest absolute Gasteiger partial charge is 0.408 e. The first-order valence-corrected chi connectivity index (χ1v) is 24.9. The zero-order valence-corrected chi connectivity index (χ0v) is 43.3. The summed E-state index contributed by atoms with van der Waals surface area (Å²) >= 11 is 0. The Morgan fingerprint density at radius 1 is 0.699 bits per heavy atom. The van der Waals surface area contributed by atoms with Gasteiger partial charge in [-0.05, 0) is 136 Å². The number of hydrogen-bond donors (Lipinski definition) is 8. The average Bonchev–Trinajstić information content (AvgIpc) is 4.07. The van der Waals surface area contributed by atoms with Gasteiger partial charge in [-0.2, -0.15) is 0 Å². The lowest BCUT2D eigenvalue weighted by molar-refractivity contribution is -0.160. The number of alkyl carbamates (subject to hydrolysis) is 2. The number of carboxylic acid groups (broad SMARTS) is 2. The van der Waals surface area contributed by atoms with Crippen LogP contribution in [0.25, 0.3) is 0 Å². The van der Waals surface area contributed by atoms with Gasteiger partial charge in [0, 0.05) is 37.5 Å². The van der Waals surface area contributed by atoms with E-state index in [2.05, 4.69) is 26.0 Å². The minimum absolute atomic E-state index is 0.00711. The number of aliphatic carboxylic acids is 2. The molecule has 5 amide bonds. The Kier molecular flexibility index (Phi) is 21.4. The monoisotopic (exact) mass is 1030 g/mol. The molecule has 7 rings (SSSR count).